The predicted molar refractivity (Wildman–Crippen MR) is 53.4 cm³/mol. The first-order valence-electron chi connectivity index (χ1n) is 5.01. The summed E-state index contributed by atoms with van der Waals surface area (Å²) in [5.41, 5.74) is 0. The van der Waals surface area contributed by atoms with Crippen LogP contribution in [0.15, 0.2) is 0 Å². The Morgan fingerprint density at radius 2 is 1.71 bits per heavy atom. The molecular formula is C9H15F3N2O3. The number of carbonyl (C=O) groups is 2. The average molecular weight is 256 g/mol. The van der Waals surface area contributed by atoms with Crippen molar-refractivity contribution in [3.8, 4) is 0 Å². The lowest BCUT2D eigenvalue weighted by Gasteiger charge is -2.20. The standard InChI is InChI=1S/C7H14N2O.C2HF3O2/c1-8-7(10)6-2-4-9-5-3-6;3-2(4,5)1(6)7/h6,9H,2-5H2,1H3,(H,8,10);(H,6,7). The summed E-state index contributed by atoms with van der Waals surface area (Å²) in [5.74, 6) is -2.31. The Morgan fingerprint density at radius 1 is 1.29 bits per heavy atom. The van der Waals surface area contributed by atoms with Gasteiger partial charge in [-0.05, 0) is 25.9 Å². The van der Waals surface area contributed by atoms with E-state index in [0.717, 1.165) is 25.9 Å². The highest BCUT2D eigenvalue weighted by atomic mass is 19.4. The number of aliphatic carboxylic acids is 1. The molecule has 0 spiro atoms. The summed E-state index contributed by atoms with van der Waals surface area (Å²) in [6, 6.07) is 0. The number of hydrogen-bond acceptors (Lipinski definition) is 3. The number of hydrogen-bond donors (Lipinski definition) is 3. The SMILES string of the molecule is CNC(=O)C1CCNCC1.O=C(O)C(F)(F)F. The van der Waals surface area contributed by atoms with Gasteiger partial charge in [-0.3, -0.25) is 4.79 Å². The van der Waals surface area contributed by atoms with Gasteiger partial charge < -0.3 is 15.7 Å². The van der Waals surface area contributed by atoms with Crippen LogP contribution in [0.25, 0.3) is 0 Å². The van der Waals surface area contributed by atoms with Crippen LogP contribution in [0.4, 0.5) is 13.2 Å². The van der Waals surface area contributed by atoms with Crippen molar-refractivity contribution in [2.45, 2.75) is 19.0 Å². The van der Waals surface area contributed by atoms with E-state index < -0.39 is 12.1 Å². The molecule has 0 aromatic carbocycles. The van der Waals surface area contributed by atoms with E-state index in [9.17, 15) is 18.0 Å². The highest BCUT2D eigenvalue weighted by Crippen LogP contribution is 2.13. The van der Waals surface area contributed by atoms with Crippen molar-refractivity contribution in [2.24, 2.45) is 5.92 Å². The number of carboxylic acid groups (broad SMARTS) is 1. The number of halogens is 3. The molecule has 8 heteroatoms. The number of alkyl halides is 3. The molecule has 0 unspecified atom stereocenters. The normalized spacial score (nSPS) is 16.7. The molecule has 0 aromatic rings. The molecule has 0 bridgehead atoms. The predicted octanol–water partition coefficient (Wildman–Crippen LogP) is 0.365. The number of piperidine rings is 1. The Balaban J connectivity index is 0.000000325. The number of nitrogens with one attached hydrogen (secondary N) is 2. The van der Waals surface area contributed by atoms with Gasteiger partial charge in [-0.1, -0.05) is 0 Å². The third-order valence-corrected chi connectivity index (χ3v) is 2.20. The zero-order valence-electron chi connectivity index (χ0n) is 9.30. The molecule has 1 heterocycles. The third-order valence-electron chi connectivity index (χ3n) is 2.20. The molecule has 17 heavy (non-hydrogen) atoms. The molecule has 0 saturated carbocycles. The quantitative estimate of drug-likeness (QED) is 0.633. The Kier molecular flexibility index (Phi) is 6.55. The van der Waals surface area contributed by atoms with E-state index in [4.69, 9.17) is 9.90 Å². The van der Waals surface area contributed by atoms with E-state index in [1.807, 2.05) is 0 Å². The Bertz CT molecular complexity index is 263. The van der Waals surface area contributed by atoms with Gasteiger partial charge >= 0.3 is 12.1 Å². The molecule has 1 saturated heterocycles. The van der Waals surface area contributed by atoms with Gasteiger partial charge in [-0.2, -0.15) is 13.2 Å². The molecule has 1 aliphatic rings. The molecule has 3 N–H and O–H groups in total. The van der Waals surface area contributed by atoms with Crippen molar-refractivity contribution in [3.63, 3.8) is 0 Å². The fraction of sp³-hybridized carbons (Fsp3) is 0.778. The number of amides is 1. The van der Waals surface area contributed by atoms with Crippen LogP contribution >= 0.6 is 0 Å². The number of carboxylic acids is 1. The summed E-state index contributed by atoms with van der Waals surface area (Å²) < 4.78 is 31.7. The lowest BCUT2D eigenvalue weighted by molar-refractivity contribution is -0.192. The third kappa shape index (κ3) is 6.77. The minimum Gasteiger partial charge on any atom is -0.475 e. The molecule has 5 nitrogen and oxygen atoms in total. The summed E-state index contributed by atoms with van der Waals surface area (Å²) in [6.45, 7) is 1.97. The van der Waals surface area contributed by atoms with E-state index in [1.165, 1.54) is 0 Å². The van der Waals surface area contributed by atoms with Gasteiger partial charge in [0.25, 0.3) is 0 Å². The second-order valence-corrected chi connectivity index (χ2v) is 3.44. The van der Waals surface area contributed by atoms with Gasteiger partial charge in [-0.15, -0.1) is 0 Å². The topological polar surface area (TPSA) is 78.4 Å². The summed E-state index contributed by atoms with van der Waals surface area (Å²) in [6.07, 6.45) is -3.11. The smallest absolute Gasteiger partial charge is 0.475 e. The molecule has 1 aliphatic heterocycles. The molecule has 1 rings (SSSR count). The van der Waals surface area contributed by atoms with Gasteiger partial charge in [0.1, 0.15) is 0 Å². The van der Waals surface area contributed by atoms with Crippen LogP contribution in [0.5, 0.6) is 0 Å². The molecule has 100 valence electrons. The monoisotopic (exact) mass is 256 g/mol. The Morgan fingerprint density at radius 3 is 2.00 bits per heavy atom. The van der Waals surface area contributed by atoms with E-state index >= 15 is 0 Å². The highest BCUT2D eigenvalue weighted by Gasteiger charge is 2.38. The maximum absolute atomic E-state index is 11.0. The van der Waals surface area contributed by atoms with Crippen molar-refractivity contribution >= 4 is 11.9 Å². The second-order valence-electron chi connectivity index (χ2n) is 3.44. The average Bonchev–Trinajstić information content (AvgIpc) is 2.28. The lowest BCUT2D eigenvalue weighted by atomic mass is 9.97. The van der Waals surface area contributed by atoms with Crippen molar-refractivity contribution < 1.29 is 27.9 Å². The molecule has 1 fully saturated rings. The van der Waals surface area contributed by atoms with Crippen LogP contribution in [0, 0.1) is 5.92 Å². The van der Waals surface area contributed by atoms with Crippen molar-refractivity contribution in [2.75, 3.05) is 20.1 Å². The van der Waals surface area contributed by atoms with Crippen LogP contribution in [0.2, 0.25) is 0 Å². The lowest BCUT2D eigenvalue weighted by Crippen LogP contribution is -2.36. The first-order valence-corrected chi connectivity index (χ1v) is 5.01. The van der Waals surface area contributed by atoms with E-state index in [0.29, 0.717) is 0 Å². The number of carbonyl (C=O) groups excluding carboxylic acids is 1. The molecule has 0 aromatic heterocycles. The van der Waals surface area contributed by atoms with Gasteiger partial charge in [0.05, 0.1) is 0 Å². The Hall–Kier alpha value is -1.31. The first kappa shape index (κ1) is 15.7. The molecular weight excluding hydrogens is 241 g/mol. The van der Waals surface area contributed by atoms with Crippen molar-refractivity contribution in [1.82, 2.24) is 10.6 Å². The second kappa shape index (κ2) is 7.10. The maximum Gasteiger partial charge on any atom is 0.490 e. The molecule has 0 aliphatic carbocycles. The minimum atomic E-state index is -5.08. The maximum atomic E-state index is 11.0. The zero-order valence-corrected chi connectivity index (χ0v) is 9.30. The van der Waals surface area contributed by atoms with Crippen LogP contribution in [0.3, 0.4) is 0 Å². The van der Waals surface area contributed by atoms with Crippen LogP contribution in [-0.4, -0.2) is 43.3 Å². The van der Waals surface area contributed by atoms with Gasteiger partial charge in [0.2, 0.25) is 5.91 Å². The largest absolute Gasteiger partial charge is 0.490 e. The fourth-order valence-corrected chi connectivity index (χ4v) is 1.29. The van der Waals surface area contributed by atoms with Gasteiger partial charge in [0.15, 0.2) is 0 Å². The Labute approximate surface area is 96.4 Å². The van der Waals surface area contributed by atoms with Crippen LogP contribution in [0.1, 0.15) is 12.8 Å². The molecule has 0 atom stereocenters. The summed E-state index contributed by atoms with van der Waals surface area (Å²) >= 11 is 0. The summed E-state index contributed by atoms with van der Waals surface area (Å²) in [5, 5.41) is 13.0. The highest BCUT2D eigenvalue weighted by molar-refractivity contribution is 5.78. The van der Waals surface area contributed by atoms with Gasteiger partial charge in [-0.25, -0.2) is 4.79 Å². The van der Waals surface area contributed by atoms with Crippen LogP contribution < -0.4 is 10.6 Å². The van der Waals surface area contributed by atoms with Crippen molar-refractivity contribution in [3.05, 3.63) is 0 Å². The number of rotatable bonds is 1. The first-order chi connectivity index (χ1) is 7.79. The summed E-state index contributed by atoms with van der Waals surface area (Å²) in [4.78, 5) is 19.9. The van der Waals surface area contributed by atoms with Crippen LogP contribution in [-0.2, 0) is 9.59 Å². The zero-order chi connectivity index (χ0) is 13.5. The molecule has 1 amide bonds. The summed E-state index contributed by atoms with van der Waals surface area (Å²) in [7, 11) is 1.70. The van der Waals surface area contributed by atoms with Crippen molar-refractivity contribution in [1.29, 1.82) is 0 Å². The van der Waals surface area contributed by atoms with Gasteiger partial charge in [0, 0.05) is 13.0 Å². The molecule has 0 radical (unpaired) electrons. The van der Waals surface area contributed by atoms with E-state index in [1.54, 1.807) is 7.05 Å². The fourth-order valence-electron chi connectivity index (χ4n) is 1.29. The van der Waals surface area contributed by atoms with E-state index in [2.05, 4.69) is 10.6 Å². The minimum absolute atomic E-state index is 0.196. The van der Waals surface area contributed by atoms with E-state index in [-0.39, 0.29) is 11.8 Å².